The number of carbonyl (C=O) groups excluding carboxylic acids is 3. The van der Waals surface area contributed by atoms with Crippen molar-refractivity contribution in [3.05, 3.63) is 71.0 Å². The third-order valence-corrected chi connectivity index (χ3v) is 5.78. The van der Waals surface area contributed by atoms with Crippen LogP contribution in [-0.4, -0.2) is 49.9 Å². The van der Waals surface area contributed by atoms with Crippen LogP contribution in [0.15, 0.2) is 52.9 Å². The Kier molecular flexibility index (Phi) is 6.67. The van der Waals surface area contributed by atoms with Gasteiger partial charge in [0.2, 0.25) is 5.76 Å². The molecule has 1 aliphatic heterocycles. The summed E-state index contributed by atoms with van der Waals surface area (Å²) >= 11 is 0. The number of carbonyl (C=O) groups is 3. The summed E-state index contributed by atoms with van der Waals surface area (Å²) in [6.45, 7) is 2.02. The first-order valence-electron chi connectivity index (χ1n) is 10.8. The molecule has 3 aromatic rings. The number of amides is 1. The molecule has 8 nitrogen and oxygen atoms in total. The van der Waals surface area contributed by atoms with Crippen LogP contribution in [0, 0.1) is 0 Å². The number of Topliss-reactive ketones (excluding diaryl/α,β-unsaturated/α-hetero) is 1. The van der Waals surface area contributed by atoms with Gasteiger partial charge in [0.15, 0.2) is 23.9 Å². The van der Waals surface area contributed by atoms with E-state index in [9.17, 15) is 14.4 Å². The van der Waals surface area contributed by atoms with Crippen molar-refractivity contribution in [2.24, 2.45) is 0 Å². The second-order valence-corrected chi connectivity index (χ2v) is 7.91. The molecule has 0 saturated carbocycles. The summed E-state index contributed by atoms with van der Waals surface area (Å²) in [6, 6.07) is 13.8. The largest absolute Gasteiger partial charge is 0.493 e. The summed E-state index contributed by atoms with van der Waals surface area (Å²) < 4.78 is 21.5. The highest BCUT2D eigenvalue weighted by atomic mass is 16.5. The minimum atomic E-state index is -0.719. The molecule has 2 heterocycles. The lowest BCUT2D eigenvalue weighted by molar-refractivity contribution is -0.135. The van der Waals surface area contributed by atoms with Gasteiger partial charge in [0.1, 0.15) is 5.76 Å². The van der Waals surface area contributed by atoms with E-state index >= 15 is 0 Å². The maximum absolute atomic E-state index is 12.7. The molecule has 1 aliphatic rings. The molecule has 8 heteroatoms. The third kappa shape index (κ3) is 4.80. The van der Waals surface area contributed by atoms with Crippen LogP contribution in [0.25, 0.3) is 11.3 Å². The zero-order valence-corrected chi connectivity index (χ0v) is 19.3. The van der Waals surface area contributed by atoms with Gasteiger partial charge in [-0.25, -0.2) is 4.79 Å². The minimum Gasteiger partial charge on any atom is -0.493 e. The van der Waals surface area contributed by atoms with E-state index in [0.29, 0.717) is 42.3 Å². The fourth-order valence-corrected chi connectivity index (χ4v) is 3.86. The van der Waals surface area contributed by atoms with Gasteiger partial charge in [0, 0.05) is 24.2 Å². The summed E-state index contributed by atoms with van der Waals surface area (Å²) in [7, 11) is 3.15. The van der Waals surface area contributed by atoms with E-state index < -0.39 is 5.97 Å². The molecule has 176 valence electrons. The van der Waals surface area contributed by atoms with Crippen molar-refractivity contribution in [2.75, 3.05) is 27.4 Å². The number of rotatable bonds is 7. The number of methoxy groups -OCH3 is 2. The maximum atomic E-state index is 12.7. The Hall–Kier alpha value is -4.07. The van der Waals surface area contributed by atoms with Crippen LogP contribution in [-0.2, 0) is 22.5 Å². The van der Waals surface area contributed by atoms with Crippen LogP contribution in [0.1, 0.15) is 39.0 Å². The first-order chi connectivity index (χ1) is 16.4. The molecule has 4 rings (SSSR count). The zero-order chi connectivity index (χ0) is 24.2. The van der Waals surface area contributed by atoms with Crippen molar-refractivity contribution in [2.45, 2.75) is 19.9 Å². The molecule has 0 aliphatic carbocycles. The van der Waals surface area contributed by atoms with Gasteiger partial charge in [0.05, 0.1) is 14.2 Å². The number of fused-ring (bicyclic) bond motifs is 1. The molecule has 2 aromatic carbocycles. The van der Waals surface area contributed by atoms with E-state index in [1.54, 1.807) is 49.5 Å². The maximum Gasteiger partial charge on any atom is 0.374 e. The van der Waals surface area contributed by atoms with E-state index in [1.165, 1.54) is 13.0 Å². The SMILES string of the molecule is COc1cc2c(cc1OC)CN(C(=O)COC(=O)c1ccc(-c3ccc(C(C)=O)cc3)o1)CC2. The molecule has 0 radical (unpaired) electrons. The monoisotopic (exact) mass is 463 g/mol. The molecule has 1 aromatic heterocycles. The van der Waals surface area contributed by atoms with Crippen LogP contribution in [0.5, 0.6) is 11.5 Å². The molecule has 0 fully saturated rings. The van der Waals surface area contributed by atoms with Gasteiger partial charge in [-0.15, -0.1) is 0 Å². The molecule has 0 N–H and O–H groups in total. The Balaban J connectivity index is 1.36. The lowest BCUT2D eigenvalue weighted by atomic mass is 9.99. The van der Waals surface area contributed by atoms with Crippen molar-refractivity contribution < 1.29 is 33.0 Å². The van der Waals surface area contributed by atoms with E-state index in [0.717, 1.165) is 16.7 Å². The first kappa shape index (κ1) is 23.1. The molecule has 0 spiro atoms. The van der Waals surface area contributed by atoms with Crippen molar-refractivity contribution in [3.8, 4) is 22.8 Å². The Morgan fingerprint density at radius 1 is 0.941 bits per heavy atom. The molecular formula is C26H25NO7. The van der Waals surface area contributed by atoms with Gasteiger partial charge in [-0.05, 0) is 48.7 Å². The number of ether oxygens (including phenoxy) is 3. The first-order valence-corrected chi connectivity index (χ1v) is 10.8. The highest BCUT2D eigenvalue weighted by Crippen LogP contribution is 2.33. The van der Waals surface area contributed by atoms with E-state index in [4.69, 9.17) is 18.6 Å². The number of furan rings is 1. The Labute approximate surface area is 197 Å². The van der Waals surface area contributed by atoms with Gasteiger partial charge >= 0.3 is 5.97 Å². The topological polar surface area (TPSA) is 95.3 Å². The van der Waals surface area contributed by atoms with Gasteiger partial charge < -0.3 is 23.5 Å². The summed E-state index contributed by atoms with van der Waals surface area (Å²) in [4.78, 5) is 38.1. The highest BCUT2D eigenvalue weighted by molar-refractivity contribution is 5.94. The molecule has 0 unspecified atom stereocenters. The Bertz CT molecular complexity index is 1230. The average Bonchev–Trinajstić information content (AvgIpc) is 3.36. The quantitative estimate of drug-likeness (QED) is 0.387. The highest BCUT2D eigenvalue weighted by Gasteiger charge is 2.24. The molecule has 34 heavy (non-hydrogen) atoms. The second-order valence-electron chi connectivity index (χ2n) is 7.91. The normalized spacial score (nSPS) is 12.6. The smallest absolute Gasteiger partial charge is 0.374 e. The predicted molar refractivity (Wildman–Crippen MR) is 123 cm³/mol. The van der Waals surface area contributed by atoms with Crippen molar-refractivity contribution >= 4 is 17.7 Å². The number of esters is 1. The number of nitrogens with zero attached hydrogens (tertiary/aromatic N) is 1. The van der Waals surface area contributed by atoms with Crippen molar-refractivity contribution in [3.63, 3.8) is 0 Å². The predicted octanol–water partition coefficient (Wildman–Crippen LogP) is 3.91. The molecule has 0 atom stereocenters. The van der Waals surface area contributed by atoms with Crippen LogP contribution < -0.4 is 9.47 Å². The number of ketones is 1. The van der Waals surface area contributed by atoms with Crippen LogP contribution >= 0.6 is 0 Å². The van der Waals surface area contributed by atoms with Crippen molar-refractivity contribution in [1.29, 1.82) is 0 Å². The van der Waals surface area contributed by atoms with Crippen LogP contribution in [0.2, 0.25) is 0 Å². The fourth-order valence-electron chi connectivity index (χ4n) is 3.86. The second kappa shape index (κ2) is 9.82. The van der Waals surface area contributed by atoms with E-state index in [2.05, 4.69) is 0 Å². The lowest BCUT2D eigenvalue weighted by Crippen LogP contribution is -2.38. The lowest BCUT2D eigenvalue weighted by Gasteiger charge is -2.29. The number of benzene rings is 2. The number of hydrogen-bond donors (Lipinski definition) is 0. The Morgan fingerprint density at radius 2 is 1.62 bits per heavy atom. The summed E-state index contributed by atoms with van der Waals surface area (Å²) in [5.74, 6) is 0.680. The summed E-state index contributed by atoms with van der Waals surface area (Å²) in [6.07, 6.45) is 0.666. The van der Waals surface area contributed by atoms with E-state index in [1.807, 2.05) is 12.1 Å². The minimum absolute atomic E-state index is 0.000680. The average molecular weight is 463 g/mol. The summed E-state index contributed by atoms with van der Waals surface area (Å²) in [5, 5.41) is 0. The molecule has 0 saturated heterocycles. The summed E-state index contributed by atoms with van der Waals surface area (Å²) in [5.41, 5.74) is 3.37. The zero-order valence-electron chi connectivity index (χ0n) is 19.3. The molecule has 0 bridgehead atoms. The van der Waals surface area contributed by atoms with Gasteiger partial charge in [0.25, 0.3) is 5.91 Å². The van der Waals surface area contributed by atoms with E-state index in [-0.39, 0.29) is 24.1 Å². The van der Waals surface area contributed by atoms with Gasteiger partial charge in [-0.1, -0.05) is 24.3 Å². The fraction of sp³-hybridized carbons (Fsp3) is 0.269. The van der Waals surface area contributed by atoms with Crippen LogP contribution in [0.3, 0.4) is 0 Å². The molecular weight excluding hydrogens is 438 g/mol. The Morgan fingerprint density at radius 3 is 2.26 bits per heavy atom. The number of hydrogen-bond acceptors (Lipinski definition) is 7. The van der Waals surface area contributed by atoms with Gasteiger partial charge in [-0.2, -0.15) is 0 Å². The van der Waals surface area contributed by atoms with Crippen LogP contribution in [0.4, 0.5) is 0 Å². The van der Waals surface area contributed by atoms with Crippen molar-refractivity contribution in [1.82, 2.24) is 4.90 Å². The molecule has 1 amide bonds. The third-order valence-electron chi connectivity index (χ3n) is 5.78. The van der Waals surface area contributed by atoms with Gasteiger partial charge in [-0.3, -0.25) is 9.59 Å². The standard InChI is InChI=1S/C26H25NO7/c1-16(28)17-4-6-18(7-5-17)21-8-9-22(34-21)26(30)33-15-25(29)27-11-10-19-12-23(31-2)24(32-3)13-20(19)14-27/h4-9,12-13H,10-11,14-15H2,1-3H3.